The highest BCUT2D eigenvalue weighted by molar-refractivity contribution is 5.76. The highest BCUT2D eigenvalue weighted by Gasteiger charge is 2.10. The Morgan fingerprint density at radius 1 is 1.19 bits per heavy atom. The van der Waals surface area contributed by atoms with Gasteiger partial charge in [0.25, 0.3) is 0 Å². The van der Waals surface area contributed by atoms with Gasteiger partial charge in [-0.05, 0) is 36.8 Å². The first-order chi connectivity index (χ1) is 10.2. The Kier molecular flexibility index (Phi) is 3.52. The van der Waals surface area contributed by atoms with Crippen LogP contribution in [0.1, 0.15) is 18.3 Å². The van der Waals surface area contributed by atoms with Crippen molar-refractivity contribution in [3.63, 3.8) is 0 Å². The molecule has 1 heterocycles. The van der Waals surface area contributed by atoms with Gasteiger partial charge in [-0.15, -0.1) is 0 Å². The molecule has 1 aromatic heterocycles. The second kappa shape index (κ2) is 5.48. The molecule has 21 heavy (non-hydrogen) atoms. The highest BCUT2D eigenvalue weighted by atomic mass is 16.5. The first kappa shape index (κ1) is 13.5. The van der Waals surface area contributed by atoms with Gasteiger partial charge in [0.1, 0.15) is 11.6 Å². The number of nitrogens with zero attached hydrogens (tertiary/aromatic N) is 2. The second-order valence-corrected chi connectivity index (χ2v) is 5.01. The van der Waals surface area contributed by atoms with E-state index >= 15 is 0 Å². The van der Waals surface area contributed by atoms with Crippen LogP contribution in [0.3, 0.4) is 0 Å². The number of imidazole rings is 1. The molecule has 0 radical (unpaired) electrons. The molecule has 0 bridgehead atoms. The van der Waals surface area contributed by atoms with Crippen LogP contribution in [0.2, 0.25) is 0 Å². The monoisotopic (exact) mass is 281 g/mol. The lowest BCUT2D eigenvalue weighted by atomic mass is 10.1. The van der Waals surface area contributed by atoms with E-state index in [2.05, 4.69) is 17.6 Å². The molecule has 3 aromatic rings. The third-order valence-corrected chi connectivity index (χ3v) is 3.71. The van der Waals surface area contributed by atoms with Crippen molar-refractivity contribution in [2.45, 2.75) is 19.9 Å². The molecule has 2 aromatic carbocycles. The van der Waals surface area contributed by atoms with Crippen LogP contribution in [0.4, 0.5) is 5.69 Å². The molecule has 0 aliphatic carbocycles. The number of aromatic nitrogens is 2. The smallest absolute Gasteiger partial charge is 0.141 e. The van der Waals surface area contributed by atoms with Gasteiger partial charge in [-0.1, -0.05) is 18.2 Å². The number of rotatable bonds is 4. The molecule has 2 N–H and O–H groups in total. The predicted molar refractivity (Wildman–Crippen MR) is 85.6 cm³/mol. The summed E-state index contributed by atoms with van der Waals surface area (Å²) in [6.45, 7) is 3.04. The van der Waals surface area contributed by atoms with Gasteiger partial charge in [0.05, 0.1) is 23.8 Å². The standard InChI is InChI=1S/C17H19N3O/c1-3-20-15-7-5-4-6-14(15)19-17(20)11-12-8-9-16(21-2)13(18)10-12/h4-10H,3,11,18H2,1-2H3. The summed E-state index contributed by atoms with van der Waals surface area (Å²) in [4.78, 5) is 4.74. The second-order valence-electron chi connectivity index (χ2n) is 5.01. The number of nitrogens with two attached hydrogens (primary N) is 1. The molecule has 0 atom stereocenters. The van der Waals surface area contributed by atoms with Crippen LogP contribution < -0.4 is 10.5 Å². The molecule has 0 saturated heterocycles. The van der Waals surface area contributed by atoms with Gasteiger partial charge >= 0.3 is 0 Å². The maximum Gasteiger partial charge on any atom is 0.141 e. The summed E-state index contributed by atoms with van der Waals surface area (Å²) in [6.07, 6.45) is 0.761. The molecule has 3 rings (SSSR count). The number of methoxy groups -OCH3 is 1. The Hall–Kier alpha value is -2.49. The van der Waals surface area contributed by atoms with E-state index in [9.17, 15) is 0 Å². The quantitative estimate of drug-likeness (QED) is 0.747. The van der Waals surface area contributed by atoms with Gasteiger partial charge in [-0.25, -0.2) is 4.98 Å². The lowest BCUT2D eigenvalue weighted by Crippen LogP contribution is -2.03. The van der Waals surface area contributed by atoms with E-state index in [4.69, 9.17) is 15.5 Å². The minimum atomic E-state index is 0.661. The zero-order chi connectivity index (χ0) is 14.8. The van der Waals surface area contributed by atoms with Gasteiger partial charge in [0.15, 0.2) is 0 Å². The van der Waals surface area contributed by atoms with E-state index in [0.717, 1.165) is 29.9 Å². The highest BCUT2D eigenvalue weighted by Crippen LogP contribution is 2.24. The van der Waals surface area contributed by atoms with E-state index < -0.39 is 0 Å². The van der Waals surface area contributed by atoms with Crippen molar-refractivity contribution in [1.29, 1.82) is 0 Å². The van der Waals surface area contributed by atoms with Gasteiger partial charge < -0.3 is 15.0 Å². The van der Waals surface area contributed by atoms with Crippen LogP contribution in [0.5, 0.6) is 5.75 Å². The van der Waals surface area contributed by atoms with Crippen molar-refractivity contribution in [1.82, 2.24) is 9.55 Å². The lowest BCUT2D eigenvalue weighted by Gasteiger charge is -2.09. The molecule has 4 heteroatoms. The van der Waals surface area contributed by atoms with E-state index in [0.29, 0.717) is 11.4 Å². The van der Waals surface area contributed by atoms with Crippen molar-refractivity contribution >= 4 is 16.7 Å². The van der Waals surface area contributed by atoms with E-state index in [1.54, 1.807) is 7.11 Å². The number of ether oxygens (including phenoxy) is 1. The van der Waals surface area contributed by atoms with Crippen molar-refractivity contribution in [2.75, 3.05) is 12.8 Å². The first-order valence-corrected chi connectivity index (χ1v) is 7.09. The number of nitrogen functional groups attached to an aromatic ring is 1. The average Bonchev–Trinajstić information content (AvgIpc) is 2.84. The zero-order valence-electron chi connectivity index (χ0n) is 12.3. The number of benzene rings is 2. The largest absolute Gasteiger partial charge is 0.495 e. The van der Waals surface area contributed by atoms with Crippen LogP contribution >= 0.6 is 0 Å². The maximum atomic E-state index is 5.98. The number of fused-ring (bicyclic) bond motifs is 1. The lowest BCUT2D eigenvalue weighted by molar-refractivity contribution is 0.417. The molecule has 0 spiro atoms. The van der Waals surface area contributed by atoms with Crippen molar-refractivity contribution in [3.05, 3.63) is 53.9 Å². The minimum absolute atomic E-state index is 0.661. The van der Waals surface area contributed by atoms with Crippen molar-refractivity contribution in [2.24, 2.45) is 0 Å². The molecule has 0 saturated carbocycles. The molecule has 0 unspecified atom stereocenters. The normalized spacial score (nSPS) is 11.0. The molecular weight excluding hydrogens is 262 g/mol. The predicted octanol–water partition coefficient (Wildman–Crippen LogP) is 3.24. The SMILES string of the molecule is CCn1c(Cc2ccc(OC)c(N)c2)nc2ccccc21. The minimum Gasteiger partial charge on any atom is -0.495 e. The Bertz CT molecular complexity index is 777. The Labute approximate surface area is 124 Å². The van der Waals surface area contributed by atoms with Gasteiger partial charge in [0.2, 0.25) is 0 Å². The summed E-state index contributed by atoms with van der Waals surface area (Å²) in [6, 6.07) is 14.1. The average molecular weight is 281 g/mol. The summed E-state index contributed by atoms with van der Waals surface area (Å²) in [7, 11) is 1.63. The Balaban J connectivity index is 1.99. The van der Waals surface area contributed by atoms with E-state index in [1.807, 2.05) is 36.4 Å². The van der Waals surface area contributed by atoms with E-state index in [-0.39, 0.29) is 0 Å². The molecular formula is C17H19N3O. The van der Waals surface area contributed by atoms with Crippen LogP contribution in [0.15, 0.2) is 42.5 Å². The zero-order valence-corrected chi connectivity index (χ0v) is 12.3. The first-order valence-electron chi connectivity index (χ1n) is 7.09. The van der Waals surface area contributed by atoms with Crippen LogP contribution in [-0.2, 0) is 13.0 Å². The molecule has 4 nitrogen and oxygen atoms in total. The molecule has 0 amide bonds. The van der Waals surface area contributed by atoms with Gasteiger partial charge in [-0.3, -0.25) is 0 Å². The number of aryl methyl sites for hydroxylation is 1. The number of anilines is 1. The van der Waals surface area contributed by atoms with Crippen LogP contribution in [0.25, 0.3) is 11.0 Å². The summed E-state index contributed by atoms with van der Waals surface area (Å²) in [5, 5.41) is 0. The van der Waals surface area contributed by atoms with Crippen LogP contribution in [-0.4, -0.2) is 16.7 Å². The fraction of sp³-hybridized carbons (Fsp3) is 0.235. The number of para-hydroxylation sites is 2. The summed E-state index contributed by atoms with van der Waals surface area (Å²) < 4.78 is 7.44. The van der Waals surface area contributed by atoms with Gasteiger partial charge in [0, 0.05) is 13.0 Å². The van der Waals surface area contributed by atoms with Crippen molar-refractivity contribution in [3.8, 4) is 5.75 Å². The maximum absolute atomic E-state index is 5.98. The molecule has 0 aliphatic heterocycles. The molecule has 0 fully saturated rings. The fourth-order valence-corrected chi connectivity index (χ4v) is 2.69. The third-order valence-electron chi connectivity index (χ3n) is 3.71. The molecule has 0 aliphatic rings. The van der Waals surface area contributed by atoms with E-state index in [1.165, 1.54) is 5.52 Å². The third kappa shape index (κ3) is 2.44. The van der Waals surface area contributed by atoms with Gasteiger partial charge in [-0.2, -0.15) is 0 Å². The van der Waals surface area contributed by atoms with Crippen LogP contribution in [0, 0.1) is 0 Å². The number of hydrogen-bond donors (Lipinski definition) is 1. The Morgan fingerprint density at radius 3 is 2.71 bits per heavy atom. The summed E-state index contributed by atoms with van der Waals surface area (Å²) in [5.41, 5.74) is 9.99. The summed E-state index contributed by atoms with van der Waals surface area (Å²) >= 11 is 0. The fourth-order valence-electron chi connectivity index (χ4n) is 2.69. The Morgan fingerprint density at radius 2 is 2.00 bits per heavy atom. The summed E-state index contributed by atoms with van der Waals surface area (Å²) in [5.74, 6) is 1.77. The number of hydrogen-bond acceptors (Lipinski definition) is 3. The van der Waals surface area contributed by atoms with Crippen molar-refractivity contribution < 1.29 is 4.74 Å². The molecule has 108 valence electrons. The topological polar surface area (TPSA) is 53.1 Å².